The lowest BCUT2D eigenvalue weighted by atomic mass is 10.0. The highest BCUT2D eigenvalue weighted by Crippen LogP contribution is 2.18. The second kappa shape index (κ2) is 6.43. The molecule has 1 aliphatic heterocycles. The van der Waals surface area contributed by atoms with Gasteiger partial charge in [-0.05, 0) is 25.0 Å². The summed E-state index contributed by atoms with van der Waals surface area (Å²) in [5, 5.41) is 6.29. The molecule has 0 saturated carbocycles. The number of likely N-dealkylation sites (tertiary alicyclic amines) is 1. The van der Waals surface area contributed by atoms with Crippen LogP contribution in [0.1, 0.15) is 23.2 Å². The third-order valence-electron chi connectivity index (χ3n) is 4.51. The number of aromatic nitrogens is 3. The zero-order valence-electron chi connectivity index (χ0n) is 13.7. The molecule has 1 fully saturated rings. The molecule has 25 heavy (non-hydrogen) atoms. The molecule has 0 radical (unpaired) electrons. The first kappa shape index (κ1) is 15.4. The number of amides is 1. The Morgan fingerprint density at radius 1 is 1.24 bits per heavy atom. The first-order valence-electron chi connectivity index (χ1n) is 8.38. The minimum Gasteiger partial charge on any atom is -0.381 e. The zero-order chi connectivity index (χ0) is 17.2. The number of para-hydroxylation sites is 1. The van der Waals surface area contributed by atoms with Crippen molar-refractivity contribution in [1.29, 1.82) is 0 Å². The molecule has 3 heterocycles. The van der Waals surface area contributed by atoms with Crippen molar-refractivity contribution in [2.24, 2.45) is 0 Å². The highest BCUT2D eigenvalue weighted by molar-refractivity contribution is 5.99. The second-order valence-electron chi connectivity index (χ2n) is 6.23. The number of benzene rings is 1. The fourth-order valence-electron chi connectivity index (χ4n) is 3.29. The van der Waals surface area contributed by atoms with Gasteiger partial charge in [-0.1, -0.05) is 18.2 Å². The minimum absolute atomic E-state index is 0.101. The van der Waals surface area contributed by atoms with E-state index in [0.29, 0.717) is 24.3 Å². The summed E-state index contributed by atoms with van der Waals surface area (Å²) in [6.07, 6.45) is 4.94. The van der Waals surface area contributed by atoms with Crippen LogP contribution < -0.4 is 10.9 Å². The van der Waals surface area contributed by atoms with Crippen LogP contribution in [-0.4, -0.2) is 44.5 Å². The topological polar surface area (TPSA) is 82.5 Å². The number of anilines is 1. The summed E-state index contributed by atoms with van der Waals surface area (Å²) in [6, 6.07) is 11.6. The van der Waals surface area contributed by atoms with Crippen molar-refractivity contribution in [1.82, 2.24) is 19.5 Å². The monoisotopic (exact) mass is 337 g/mol. The molecule has 1 aromatic carbocycles. The minimum atomic E-state index is -0.230. The normalized spacial score (nSPS) is 17.6. The van der Waals surface area contributed by atoms with Gasteiger partial charge in [0.05, 0.1) is 0 Å². The Labute approximate surface area is 144 Å². The van der Waals surface area contributed by atoms with Gasteiger partial charge in [-0.15, -0.1) is 0 Å². The molecule has 7 heteroatoms. The zero-order valence-corrected chi connectivity index (χ0v) is 13.7. The van der Waals surface area contributed by atoms with Crippen LogP contribution in [0.4, 0.5) is 5.69 Å². The van der Waals surface area contributed by atoms with Gasteiger partial charge in [0.15, 0.2) is 5.65 Å². The molecule has 2 N–H and O–H groups in total. The van der Waals surface area contributed by atoms with Gasteiger partial charge in [0.1, 0.15) is 5.56 Å². The Morgan fingerprint density at radius 2 is 2.08 bits per heavy atom. The third-order valence-corrected chi connectivity index (χ3v) is 4.51. The summed E-state index contributed by atoms with van der Waals surface area (Å²) >= 11 is 0. The van der Waals surface area contributed by atoms with Gasteiger partial charge in [0, 0.05) is 43.3 Å². The summed E-state index contributed by atoms with van der Waals surface area (Å²) < 4.78 is 1.29. The number of H-pyrrole nitrogens is 1. The van der Waals surface area contributed by atoms with Crippen molar-refractivity contribution >= 4 is 17.2 Å². The Kier molecular flexibility index (Phi) is 3.97. The van der Waals surface area contributed by atoms with Gasteiger partial charge >= 0.3 is 0 Å². The van der Waals surface area contributed by atoms with Crippen LogP contribution in [0, 0.1) is 0 Å². The highest BCUT2D eigenvalue weighted by atomic mass is 16.2. The number of hydrogen-bond donors (Lipinski definition) is 2. The molecule has 0 aliphatic carbocycles. The van der Waals surface area contributed by atoms with Crippen LogP contribution in [0.2, 0.25) is 0 Å². The van der Waals surface area contributed by atoms with Gasteiger partial charge < -0.3 is 10.2 Å². The number of fused-ring (bicyclic) bond motifs is 1. The van der Waals surface area contributed by atoms with E-state index in [1.165, 1.54) is 16.8 Å². The molecule has 128 valence electrons. The predicted molar refractivity (Wildman–Crippen MR) is 94.8 cm³/mol. The fourth-order valence-corrected chi connectivity index (χ4v) is 3.29. The molecular weight excluding hydrogens is 318 g/mol. The van der Waals surface area contributed by atoms with Crippen LogP contribution >= 0.6 is 0 Å². The predicted octanol–water partition coefficient (Wildman–Crippen LogP) is 1.74. The Balaban J connectivity index is 1.53. The standard InChI is InChI=1S/C18H19N5O2/c24-16-8-9-19-17-15(11-20-23(16)17)18(25)22-10-4-7-14(12-22)21-13-5-2-1-3-6-13/h1-3,5-6,8-9,11,14,20-21H,4,7,10,12H2. The summed E-state index contributed by atoms with van der Waals surface area (Å²) in [5.74, 6) is -0.101. The highest BCUT2D eigenvalue weighted by Gasteiger charge is 2.26. The number of rotatable bonds is 3. The maximum absolute atomic E-state index is 12.9. The largest absolute Gasteiger partial charge is 0.381 e. The Hall–Kier alpha value is -3.09. The van der Waals surface area contributed by atoms with Crippen molar-refractivity contribution in [2.75, 3.05) is 18.4 Å². The average molecular weight is 337 g/mol. The van der Waals surface area contributed by atoms with E-state index in [9.17, 15) is 9.59 Å². The van der Waals surface area contributed by atoms with Gasteiger partial charge in [-0.25, -0.2) is 9.50 Å². The molecule has 7 nitrogen and oxygen atoms in total. The molecule has 0 spiro atoms. The lowest BCUT2D eigenvalue weighted by Gasteiger charge is -2.33. The number of carbonyl (C=O) groups excluding carboxylic acids is 1. The first-order valence-corrected chi connectivity index (χ1v) is 8.38. The lowest BCUT2D eigenvalue weighted by Crippen LogP contribution is -2.45. The molecular formula is C18H19N5O2. The Morgan fingerprint density at radius 3 is 2.92 bits per heavy atom. The third kappa shape index (κ3) is 3.00. The molecule has 1 saturated heterocycles. The molecule has 0 bridgehead atoms. The summed E-state index contributed by atoms with van der Waals surface area (Å²) in [6.45, 7) is 1.34. The van der Waals surface area contributed by atoms with Crippen molar-refractivity contribution in [3.05, 3.63) is 64.7 Å². The number of nitrogens with one attached hydrogen (secondary N) is 2. The summed E-state index contributed by atoms with van der Waals surface area (Å²) in [7, 11) is 0. The summed E-state index contributed by atoms with van der Waals surface area (Å²) in [4.78, 5) is 30.7. The van der Waals surface area contributed by atoms with E-state index in [-0.39, 0.29) is 17.5 Å². The average Bonchev–Trinajstić information content (AvgIpc) is 3.08. The molecule has 1 atom stereocenters. The van der Waals surface area contributed by atoms with Crippen LogP contribution in [0.15, 0.2) is 53.6 Å². The molecule has 1 unspecified atom stereocenters. The van der Waals surface area contributed by atoms with E-state index < -0.39 is 0 Å². The number of nitrogens with zero attached hydrogens (tertiary/aromatic N) is 3. The van der Waals surface area contributed by atoms with Gasteiger partial charge in [-0.3, -0.25) is 14.7 Å². The van der Waals surface area contributed by atoms with Crippen LogP contribution in [0.3, 0.4) is 0 Å². The number of piperidine rings is 1. The van der Waals surface area contributed by atoms with E-state index >= 15 is 0 Å². The fraction of sp³-hybridized carbons (Fsp3) is 0.278. The van der Waals surface area contributed by atoms with E-state index in [0.717, 1.165) is 18.5 Å². The molecule has 1 amide bonds. The van der Waals surface area contributed by atoms with E-state index in [4.69, 9.17) is 0 Å². The Bertz CT molecular complexity index is 947. The molecule has 4 rings (SSSR count). The quantitative estimate of drug-likeness (QED) is 0.763. The molecule has 3 aromatic rings. The number of carbonyl (C=O) groups is 1. The van der Waals surface area contributed by atoms with Crippen LogP contribution in [0.5, 0.6) is 0 Å². The first-order chi connectivity index (χ1) is 12.2. The van der Waals surface area contributed by atoms with E-state index in [1.807, 2.05) is 35.2 Å². The number of aromatic amines is 1. The second-order valence-corrected chi connectivity index (χ2v) is 6.23. The van der Waals surface area contributed by atoms with Crippen LogP contribution in [-0.2, 0) is 0 Å². The molecule has 1 aliphatic rings. The molecule has 2 aromatic heterocycles. The van der Waals surface area contributed by atoms with E-state index in [1.54, 1.807) is 6.20 Å². The lowest BCUT2D eigenvalue weighted by molar-refractivity contribution is 0.0716. The van der Waals surface area contributed by atoms with Gasteiger partial charge in [0.25, 0.3) is 11.5 Å². The maximum atomic E-state index is 12.9. The van der Waals surface area contributed by atoms with Crippen molar-refractivity contribution in [3.63, 3.8) is 0 Å². The maximum Gasteiger partial charge on any atom is 0.272 e. The van der Waals surface area contributed by atoms with Crippen molar-refractivity contribution < 1.29 is 4.79 Å². The van der Waals surface area contributed by atoms with Crippen molar-refractivity contribution in [3.8, 4) is 0 Å². The van der Waals surface area contributed by atoms with E-state index in [2.05, 4.69) is 15.4 Å². The SMILES string of the molecule is O=C(c1c[nH]n2c(=O)ccnc12)N1CCCC(Nc2ccccc2)C1. The summed E-state index contributed by atoms with van der Waals surface area (Å²) in [5.41, 5.74) is 1.63. The van der Waals surface area contributed by atoms with Crippen molar-refractivity contribution in [2.45, 2.75) is 18.9 Å². The smallest absolute Gasteiger partial charge is 0.272 e. The van der Waals surface area contributed by atoms with Gasteiger partial charge in [0.2, 0.25) is 0 Å². The number of hydrogen-bond acceptors (Lipinski definition) is 4. The van der Waals surface area contributed by atoms with Crippen LogP contribution in [0.25, 0.3) is 5.65 Å². The van der Waals surface area contributed by atoms with Gasteiger partial charge in [-0.2, -0.15) is 0 Å².